The van der Waals surface area contributed by atoms with Gasteiger partial charge < -0.3 is 9.52 Å². The van der Waals surface area contributed by atoms with Gasteiger partial charge in [-0.2, -0.15) is 0 Å². The van der Waals surface area contributed by atoms with Gasteiger partial charge in [0.05, 0.1) is 12.7 Å². The summed E-state index contributed by atoms with van der Waals surface area (Å²) in [6.45, 7) is 4.53. The average molecular weight is 211 g/mol. The highest BCUT2D eigenvalue weighted by molar-refractivity contribution is 5.67. The number of furan rings is 1. The van der Waals surface area contributed by atoms with Crippen molar-refractivity contribution in [3.8, 4) is 0 Å². The van der Waals surface area contributed by atoms with Gasteiger partial charge in [0.1, 0.15) is 5.76 Å². The molecule has 1 rings (SSSR count). The Balaban J connectivity index is 2.52. The predicted molar refractivity (Wildman–Crippen MR) is 56.6 cm³/mol. The zero-order valence-corrected chi connectivity index (χ0v) is 9.36. The first kappa shape index (κ1) is 11.8. The van der Waals surface area contributed by atoms with Crippen LogP contribution in [0.1, 0.15) is 24.7 Å². The fraction of sp³-hybridized carbons (Fsp3) is 0.545. The first-order valence-corrected chi connectivity index (χ1v) is 4.95. The van der Waals surface area contributed by atoms with Gasteiger partial charge in [0.15, 0.2) is 0 Å². The second-order valence-corrected chi connectivity index (χ2v) is 3.86. The van der Waals surface area contributed by atoms with E-state index < -0.39 is 5.97 Å². The van der Waals surface area contributed by atoms with Crippen molar-refractivity contribution in [2.24, 2.45) is 0 Å². The number of aryl methyl sites for hydroxylation is 1. The van der Waals surface area contributed by atoms with Gasteiger partial charge in [-0.3, -0.25) is 9.69 Å². The highest BCUT2D eigenvalue weighted by Gasteiger charge is 2.14. The lowest BCUT2D eigenvalue weighted by Crippen LogP contribution is -2.30. The Bertz CT molecular complexity index is 332. The molecule has 0 saturated heterocycles. The van der Waals surface area contributed by atoms with E-state index in [9.17, 15) is 4.79 Å². The van der Waals surface area contributed by atoms with Gasteiger partial charge in [-0.1, -0.05) is 0 Å². The van der Waals surface area contributed by atoms with Crippen LogP contribution in [0.2, 0.25) is 0 Å². The summed E-state index contributed by atoms with van der Waals surface area (Å²) in [7, 11) is 1.92. The van der Waals surface area contributed by atoms with Gasteiger partial charge in [-0.05, 0) is 27.0 Å². The van der Waals surface area contributed by atoms with Crippen LogP contribution in [-0.2, 0) is 11.3 Å². The van der Waals surface area contributed by atoms with Crippen LogP contribution >= 0.6 is 0 Å². The highest BCUT2D eigenvalue weighted by atomic mass is 16.4. The van der Waals surface area contributed by atoms with Crippen molar-refractivity contribution in [3.05, 3.63) is 23.7 Å². The fourth-order valence-electron chi connectivity index (χ4n) is 1.41. The Labute approximate surface area is 89.5 Å². The Kier molecular flexibility index (Phi) is 3.91. The van der Waals surface area contributed by atoms with Crippen molar-refractivity contribution < 1.29 is 14.3 Å². The molecule has 0 bridgehead atoms. The summed E-state index contributed by atoms with van der Waals surface area (Å²) in [6.07, 6.45) is 1.81. The van der Waals surface area contributed by atoms with E-state index in [0.29, 0.717) is 0 Å². The summed E-state index contributed by atoms with van der Waals surface area (Å²) in [4.78, 5) is 12.5. The number of rotatable bonds is 5. The van der Waals surface area contributed by atoms with Gasteiger partial charge >= 0.3 is 5.97 Å². The zero-order chi connectivity index (χ0) is 11.4. The van der Waals surface area contributed by atoms with Crippen LogP contribution in [0.5, 0.6) is 0 Å². The van der Waals surface area contributed by atoms with E-state index in [-0.39, 0.29) is 12.5 Å². The SMILES string of the molecule is Cc1occc1CN(C)C(C)CC(=O)O. The normalized spacial score (nSPS) is 13.1. The van der Waals surface area contributed by atoms with Gasteiger partial charge in [-0.25, -0.2) is 0 Å². The molecule has 1 heterocycles. The van der Waals surface area contributed by atoms with E-state index >= 15 is 0 Å². The van der Waals surface area contributed by atoms with E-state index in [1.807, 2.05) is 31.9 Å². The molecule has 0 aliphatic heterocycles. The molecular formula is C11H17NO3. The minimum Gasteiger partial charge on any atom is -0.481 e. The topological polar surface area (TPSA) is 53.7 Å². The lowest BCUT2D eigenvalue weighted by Gasteiger charge is -2.22. The second kappa shape index (κ2) is 4.98. The molecule has 0 aromatic carbocycles. The molecule has 15 heavy (non-hydrogen) atoms. The van der Waals surface area contributed by atoms with Crippen molar-refractivity contribution in [1.29, 1.82) is 0 Å². The largest absolute Gasteiger partial charge is 0.481 e. The molecule has 0 saturated carbocycles. The molecule has 4 nitrogen and oxygen atoms in total. The van der Waals surface area contributed by atoms with Crippen molar-refractivity contribution in [3.63, 3.8) is 0 Å². The molecule has 4 heteroatoms. The van der Waals surface area contributed by atoms with Crippen molar-refractivity contribution in [1.82, 2.24) is 4.90 Å². The maximum Gasteiger partial charge on any atom is 0.304 e. The first-order valence-electron chi connectivity index (χ1n) is 4.95. The summed E-state index contributed by atoms with van der Waals surface area (Å²) in [5.41, 5.74) is 1.11. The zero-order valence-electron chi connectivity index (χ0n) is 9.36. The highest BCUT2D eigenvalue weighted by Crippen LogP contribution is 2.13. The average Bonchev–Trinajstić information content (AvgIpc) is 2.50. The Morgan fingerprint density at radius 3 is 2.80 bits per heavy atom. The fourth-order valence-corrected chi connectivity index (χ4v) is 1.41. The molecule has 0 radical (unpaired) electrons. The quantitative estimate of drug-likeness (QED) is 0.808. The van der Waals surface area contributed by atoms with Crippen LogP contribution in [0.3, 0.4) is 0 Å². The number of carbonyl (C=O) groups is 1. The third kappa shape index (κ3) is 3.40. The van der Waals surface area contributed by atoms with E-state index in [4.69, 9.17) is 9.52 Å². The van der Waals surface area contributed by atoms with Crippen LogP contribution in [0.25, 0.3) is 0 Å². The maximum absolute atomic E-state index is 10.5. The third-order valence-corrected chi connectivity index (χ3v) is 2.61. The van der Waals surface area contributed by atoms with E-state index in [2.05, 4.69) is 0 Å². The molecule has 1 N–H and O–H groups in total. The number of aliphatic carboxylic acids is 1. The van der Waals surface area contributed by atoms with Gasteiger partial charge in [0, 0.05) is 18.2 Å². The maximum atomic E-state index is 10.5. The summed E-state index contributed by atoms with van der Waals surface area (Å²) in [5, 5.41) is 8.67. The summed E-state index contributed by atoms with van der Waals surface area (Å²) < 4.78 is 5.18. The van der Waals surface area contributed by atoms with Gasteiger partial charge in [0.2, 0.25) is 0 Å². The van der Waals surface area contributed by atoms with Crippen LogP contribution in [0.15, 0.2) is 16.7 Å². The van der Waals surface area contributed by atoms with Crippen molar-refractivity contribution >= 4 is 5.97 Å². The molecule has 0 aliphatic carbocycles. The van der Waals surface area contributed by atoms with E-state index in [1.54, 1.807) is 6.26 Å². The molecule has 1 atom stereocenters. The Morgan fingerprint density at radius 2 is 2.33 bits per heavy atom. The van der Waals surface area contributed by atoms with Gasteiger partial charge in [-0.15, -0.1) is 0 Å². The minimum atomic E-state index is -0.765. The Morgan fingerprint density at radius 1 is 1.67 bits per heavy atom. The summed E-state index contributed by atoms with van der Waals surface area (Å²) in [6, 6.07) is 1.94. The molecule has 1 aromatic heterocycles. The van der Waals surface area contributed by atoms with Crippen molar-refractivity contribution in [2.75, 3.05) is 7.05 Å². The lowest BCUT2D eigenvalue weighted by atomic mass is 10.2. The van der Waals surface area contributed by atoms with Crippen LogP contribution in [0.4, 0.5) is 0 Å². The smallest absolute Gasteiger partial charge is 0.304 e. The minimum absolute atomic E-state index is 0.0248. The molecule has 0 amide bonds. The standard InChI is InChI=1S/C11H17NO3/c1-8(6-11(13)14)12(3)7-10-4-5-15-9(10)2/h4-5,8H,6-7H2,1-3H3,(H,13,14). The van der Waals surface area contributed by atoms with Crippen LogP contribution < -0.4 is 0 Å². The molecule has 0 aliphatic rings. The monoisotopic (exact) mass is 211 g/mol. The first-order chi connectivity index (χ1) is 7.00. The van der Waals surface area contributed by atoms with Crippen molar-refractivity contribution in [2.45, 2.75) is 32.9 Å². The summed E-state index contributed by atoms with van der Waals surface area (Å²) >= 11 is 0. The molecule has 84 valence electrons. The number of carboxylic acids is 1. The Hall–Kier alpha value is -1.29. The van der Waals surface area contributed by atoms with E-state index in [1.165, 1.54) is 0 Å². The van der Waals surface area contributed by atoms with Crippen LogP contribution in [0, 0.1) is 6.92 Å². The molecular weight excluding hydrogens is 194 g/mol. The predicted octanol–water partition coefficient (Wildman–Crippen LogP) is 1.88. The number of carboxylic acid groups (broad SMARTS) is 1. The lowest BCUT2D eigenvalue weighted by molar-refractivity contribution is -0.138. The molecule has 0 fully saturated rings. The van der Waals surface area contributed by atoms with E-state index in [0.717, 1.165) is 17.9 Å². The van der Waals surface area contributed by atoms with Crippen LogP contribution in [-0.4, -0.2) is 29.1 Å². The molecule has 0 spiro atoms. The third-order valence-electron chi connectivity index (χ3n) is 2.61. The second-order valence-electron chi connectivity index (χ2n) is 3.86. The molecule has 1 unspecified atom stereocenters. The molecule has 1 aromatic rings. The number of nitrogens with zero attached hydrogens (tertiary/aromatic N) is 1. The summed E-state index contributed by atoms with van der Waals surface area (Å²) in [5.74, 6) is 0.127. The van der Waals surface area contributed by atoms with Gasteiger partial charge in [0.25, 0.3) is 0 Å². The number of hydrogen-bond donors (Lipinski definition) is 1. The number of hydrogen-bond acceptors (Lipinski definition) is 3.